The van der Waals surface area contributed by atoms with E-state index in [0.29, 0.717) is 29.5 Å². The average Bonchev–Trinajstić information content (AvgIpc) is 2.80. The second-order valence-corrected chi connectivity index (χ2v) is 7.09. The summed E-state index contributed by atoms with van der Waals surface area (Å²) in [6, 6.07) is 15.1. The smallest absolute Gasteiger partial charge is 0.741 e. The molecule has 2 aromatic rings. The number of aldehydes is 1. The molecule has 2 N–H and O–H groups in total. The van der Waals surface area contributed by atoms with Crippen LogP contribution in [0.2, 0.25) is 0 Å². The van der Waals surface area contributed by atoms with Gasteiger partial charge in [0.1, 0.15) is 24.3 Å². The van der Waals surface area contributed by atoms with E-state index in [2.05, 4.69) is 25.7 Å². The third-order valence-electron chi connectivity index (χ3n) is 3.84. The summed E-state index contributed by atoms with van der Waals surface area (Å²) in [5.74, 6) is 0. The fraction of sp³-hybridized carbons (Fsp3) is 0.190. The Kier molecular flexibility index (Phi) is 12.4. The van der Waals surface area contributed by atoms with E-state index in [-0.39, 0.29) is 33.7 Å². The van der Waals surface area contributed by atoms with Crippen molar-refractivity contribution in [1.29, 1.82) is 0 Å². The molecule has 0 aliphatic rings. The Morgan fingerprint density at radius 1 is 0.853 bits per heavy atom. The van der Waals surface area contributed by atoms with E-state index in [1.54, 1.807) is 54.6 Å². The van der Waals surface area contributed by atoms with Gasteiger partial charge >= 0.3 is 23.2 Å². The maximum Gasteiger partial charge on any atom is 2.00 e. The number of hydrogen-bond acceptors (Lipinski definition) is 7. The number of benzene rings is 2. The zero-order chi connectivity index (χ0) is 24.3. The fourth-order valence-corrected chi connectivity index (χ4v) is 2.69. The van der Waals surface area contributed by atoms with Crippen molar-refractivity contribution in [3.05, 3.63) is 71.3 Å². The van der Waals surface area contributed by atoms with Crippen molar-refractivity contribution in [2.45, 2.75) is 13.1 Å². The number of carbonyl (C=O) groups excluding carboxylic acids is 1. The molecule has 0 aliphatic heterocycles. The molecule has 13 heteroatoms. The first-order valence-corrected chi connectivity index (χ1v) is 10.4. The van der Waals surface area contributed by atoms with Crippen LogP contribution in [0.15, 0.2) is 75.0 Å². The van der Waals surface area contributed by atoms with Gasteiger partial charge in [-0.25, -0.2) is 0 Å². The molecule has 2 aromatic carbocycles. The van der Waals surface area contributed by atoms with Gasteiger partial charge in [-0.1, -0.05) is 54.6 Å². The van der Waals surface area contributed by atoms with E-state index >= 15 is 0 Å². The molecule has 0 aliphatic carbocycles. The topological polar surface area (TPSA) is 90.6 Å². The van der Waals surface area contributed by atoms with Crippen LogP contribution in [0.5, 0.6) is 0 Å². The minimum Gasteiger partial charge on any atom is -0.741 e. The average molecular weight is 556 g/mol. The molecule has 0 fully saturated rings. The van der Waals surface area contributed by atoms with Gasteiger partial charge in [-0.15, -0.1) is 10.2 Å². The van der Waals surface area contributed by atoms with E-state index < -0.39 is 17.9 Å². The molecular weight excluding hydrogens is 537 g/mol. The van der Waals surface area contributed by atoms with Crippen LogP contribution in [0.3, 0.4) is 0 Å². The van der Waals surface area contributed by atoms with Crippen molar-refractivity contribution in [1.82, 2.24) is 10.6 Å². The van der Waals surface area contributed by atoms with Crippen molar-refractivity contribution in [2.24, 2.45) is 20.4 Å². The van der Waals surface area contributed by atoms with Crippen LogP contribution in [0.1, 0.15) is 28.4 Å². The van der Waals surface area contributed by atoms with Crippen molar-refractivity contribution in [3.63, 3.8) is 0 Å². The third kappa shape index (κ3) is 9.96. The van der Waals surface area contributed by atoms with E-state index in [1.807, 2.05) is 12.2 Å². The molecule has 2 rings (SSSR count). The van der Waals surface area contributed by atoms with Crippen LogP contribution in [0, 0.1) is 0 Å². The van der Waals surface area contributed by atoms with Crippen LogP contribution in [-0.2, 0) is 42.3 Å². The van der Waals surface area contributed by atoms with Crippen LogP contribution in [0.25, 0.3) is 0 Å². The molecular formula is C21H19CuF3N6OS2. The normalized spacial score (nSPS) is 13.2. The molecule has 0 saturated heterocycles. The maximum absolute atomic E-state index is 12.5. The summed E-state index contributed by atoms with van der Waals surface area (Å²) in [5.41, 5.74) is 1.94. The van der Waals surface area contributed by atoms with E-state index in [9.17, 15) is 18.0 Å². The number of alkyl halides is 3. The molecule has 183 valence electrons. The van der Waals surface area contributed by atoms with Gasteiger partial charge in [-0.2, -0.15) is 23.4 Å². The van der Waals surface area contributed by atoms with Gasteiger partial charge in [0.05, 0.1) is 0 Å². The summed E-state index contributed by atoms with van der Waals surface area (Å²) >= 11 is 9.96. The SMILES string of the molecule is CCNC([S-])=NN=C(C(=NN=C([S-])NCC(F)(F)F)c1ccccc1)c1ccc(C=O)cc1.[Cu+2]. The summed E-state index contributed by atoms with van der Waals surface area (Å²) in [6.07, 6.45) is -3.77. The van der Waals surface area contributed by atoms with E-state index in [4.69, 9.17) is 25.3 Å². The third-order valence-corrected chi connectivity index (χ3v) is 4.29. The number of rotatable bonds is 8. The summed E-state index contributed by atoms with van der Waals surface area (Å²) in [7, 11) is 0. The first-order chi connectivity index (χ1) is 15.7. The zero-order valence-corrected chi connectivity index (χ0v) is 20.2. The number of nitrogens with zero attached hydrogens (tertiary/aromatic N) is 4. The molecule has 0 aromatic heterocycles. The second kappa shape index (κ2) is 14.4. The van der Waals surface area contributed by atoms with Crippen LogP contribution in [-0.4, -0.2) is 47.3 Å². The Balaban J connectivity index is 0.00000578. The summed E-state index contributed by atoms with van der Waals surface area (Å²) in [5, 5.41) is 20.5. The fourth-order valence-electron chi connectivity index (χ4n) is 2.39. The van der Waals surface area contributed by atoms with Gasteiger partial charge in [0.25, 0.3) is 0 Å². The van der Waals surface area contributed by atoms with Gasteiger partial charge in [0.2, 0.25) is 0 Å². The zero-order valence-electron chi connectivity index (χ0n) is 17.6. The number of amidine groups is 2. The van der Waals surface area contributed by atoms with Crippen LogP contribution >= 0.6 is 0 Å². The number of halogens is 3. The molecule has 1 radical (unpaired) electrons. The minimum atomic E-state index is -4.46. The number of hydrogen-bond donors (Lipinski definition) is 2. The second-order valence-electron chi connectivity index (χ2n) is 6.31. The molecule has 34 heavy (non-hydrogen) atoms. The Labute approximate surface area is 216 Å². The monoisotopic (exact) mass is 555 g/mol. The molecule has 0 amide bonds. The molecule has 0 saturated carbocycles. The van der Waals surface area contributed by atoms with Crippen molar-refractivity contribution >= 4 is 53.3 Å². The van der Waals surface area contributed by atoms with Crippen LogP contribution < -0.4 is 10.6 Å². The molecule has 0 bridgehead atoms. The first-order valence-electron chi connectivity index (χ1n) is 9.54. The van der Waals surface area contributed by atoms with Gasteiger partial charge < -0.3 is 35.9 Å². The number of nitrogens with one attached hydrogen (secondary N) is 2. The standard InChI is InChI=1S/C21H21F3N6OS2.Cu/c1-2-25-19(32)29-28-18(16-10-8-14(12-31)9-11-16)17(15-6-4-3-5-7-15)27-30-20(33)26-13-21(22,23)24;/h3-12H,2,13H2,1H3,(H2,25,29,32)(H2,26,30,33);/q;+2/p-2. The Bertz CT molecular complexity index is 1060. The summed E-state index contributed by atoms with van der Waals surface area (Å²) in [4.78, 5) is 11.0. The predicted octanol–water partition coefficient (Wildman–Crippen LogP) is 3.17. The molecule has 0 atom stereocenters. The maximum atomic E-state index is 12.5. The van der Waals surface area contributed by atoms with E-state index in [0.717, 1.165) is 0 Å². The molecule has 0 heterocycles. The molecule has 7 nitrogen and oxygen atoms in total. The Morgan fingerprint density at radius 3 is 1.82 bits per heavy atom. The summed E-state index contributed by atoms with van der Waals surface area (Å²) < 4.78 is 37.4. The van der Waals surface area contributed by atoms with E-state index in [1.165, 1.54) is 0 Å². The van der Waals surface area contributed by atoms with Gasteiger partial charge in [-0.3, -0.25) is 4.79 Å². The predicted molar refractivity (Wildman–Crippen MR) is 129 cm³/mol. The molecule has 0 unspecified atom stereocenters. The van der Waals surface area contributed by atoms with Gasteiger partial charge in [-0.05, 0) is 17.3 Å². The van der Waals surface area contributed by atoms with Crippen LogP contribution in [0.4, 0.5) is 13.2 Å². The first kappa shape index (κ1) is 29.2. The minimum absolute atomic E-state index is 0. The molecule has 0 spiro atoms. The Hall–Kier alpha value is -2.86. The van der Waals surface area contributed by atoms with Gasteiger partial charge in [0, 0.05) is 23.2 Å². The van der Waals surface area contributed by atoms with Gasteiger partial charge in [0.15, 0.2) is 0 Å². The van der Waals surface area contributed by atoms with Crippen molar-refractivity contribution < 1.29 is 35.0 Å². The largest absolute Gasteiger partial charge is 2.00 e. The number of carbonyl (C=O) groups is 1. The summed E-state index contributed by atoms with van der Waals surface area (Å²) in [6.45, 7) is 1.04. The van der Waals surface area contributed by atoms with Crippen molar-refractivity contribution in [2.75, 3.05) is 13.1 Å². The van der Waals surface area contributed by atoms with Crippen molar-refractivity contribution in [3.8, 4) is 0 Å². The Morgan fingerprint density at radius 2 is 1.35 bits per heavy atom. The quantitative estimate of drug-likeness (QED) is 0.130.